The van der Waals surface area contributed by atoms with Crippen molar-refractivity contribution in [1.29, 1.82) is 0 Å². The summed E-state index contributed by atoms with van der Waals surface area (Å²) < 4.78 is 4.57. The van der Waals surface area contributed by atoms with Crippen molar-refractivity contribution in [1.82, 2.24) is 5.32 Å². The van der Waals surface area contributed by atoms with Gasteiger partial charge in [0.1, 0.15) is 5.38 Å². The van der Waals surface area contributed by atoms with Crippen LogP contribution in [0.1, 0.15) is 46.4 Å². The van der Waals surface area contributed by atoms with E-state index in [1.807, 2.05) is 0 Å². The van der Waals surface area contributed by atoms with Crippen LogP contribution < -0.4 is 5.32 Å². The summed E-state index contributed by atoms with van der Waals surface area (Å²) in [6.45, 7) is 0.566. The molecular weight excluding hydrogens is 318 g/mol. The number of carbonyl (C=O) groups excluding carboxylic acids is 3. The molecule has 2 atom stereocenters. The van der Waals surface area contributed by atoms with Crippen molar-refractivity contribution in [2.45, 2.75) is 37.1 Å². The van der Waals surface area contributed by atoms with E-state index in [-0.39, 0.29) is 17.5 Å². The number of Topliss-reactive ketones (excluding diaryl/α,β-unsaturated/α-hetero) is 2. The lowest BCUT2D eigenvalue weighted by Crippen LogP contribution is -2.51. The number of rotatable bonds is 7. The van der Waals surface area contributed by atoms with E-state index in [2.05, 4.69) is 10.1 Å². The molecule has 2 unspecified atom stereocenters. The van der Waals surface area contributed by atoms with Crippen LogP contribution in [0.2, 0.25) is 0 Å². The maximum Gasteiger partial charge on any atom is 0.305 e. The van der Waals surface area contributed by atoms with E-state index in [1.54, 1.807) is 24.3 Å². The van der Waals surface area contributed by atoms with Crippen LogP contribution in [0, 0.1) is 0 Å². The van der Waals surface area contributed by atoms with Crippen LogP contribution in [0.4, 0.5) is 0 Å². The molecule has 0 saturated carbocycles. The van der Waals surface area contributed by atoms with Crippen LogP contribution in [0.3, 0.4) is 0 Å². The molecule has 0 saturated heterocycles. The van der Waals surface area contributed by atoms with Crippen molar-refractivity contribution in [2.75, 3.05) is 13.7 Å². The molecule has 0 radical (unpaired) electrons. The molecule has 6 heteroatoms. The Bertz CT molecular complexity index is 602. The topological polar surface area (TPSA) is 72.5 Å². The van der Waals surface area contributed by atoms with Gasteiger partial charge in [-0.3, -0.25) is 14.4 Å². The van der Waals surface area contributed by atoms with Crippen LogP contribution in [0.5, 0.6) is 0 Å². The first-order valence-electron chi connectivity index (χ1n) is 7.68. The quantitative estimate of drug-likeness (QED) is 0.470. The van der Waals surface area contributed by atoms with E-state index in [9.17, 15) is 14.4 Å². The Morgan fingerprint density at radius 2 is 1.78 bits per heavy atom. The predicted octanol–water partition coefficient (Wildman–Crippen LogP) is 2.36. The second-order valence-electron chi connectivity index (χ2n) is 5.49. The second-order valence-corrected chi connectivity index (χ2v) is 5.96. The average molecular weight is 338 g/mol. The number of esters is 1. The smallest absolute Gasteiger partial charge is 0.305 e. The van der Waals surface area contributed by atoms with E-state index in [0.717, 1.165) is 19.3 Å². The number of halogens is 1. The molecule has 124 valence electrons. The highest BCUT2D eigenvalue weighted by molar-refractivity contribution is 6.39. The highest BCUT2D eigenvalue weighted by Crippen LogP contribution is 2.25. The largest absolute Gasteiger partial charge is 0.469 e. The van der Waals surface area contributed by atoms with Gasteiger partial charge in [0.25, 0.3) is 0 Å². The van der Waals surface area contributed by atoms with Crippen molar-refractivity contribution >= 4 is 29.1 Å². The van der Waals surface area contributed by atoms with Gasteiger partial charge in [0.05, 0.1) is 13.2 Å². The van der Waals surface area contributed by atoms with Crippen molar-refractivity contribution in [3.05, 3.63) is 35.4 Å². The van der Waals surface area contributed by atoms with Gasteiger partial charge in [0, 0.05) is 17.5 Å². The lowest BCUT2D eigenvalue weighted by atomic mass is 9.85. The van der Waals surface area contributed by atoms with Gasteiger partial charge in [-0.1, -0.05) is 30.7 Å². The summed E-state index contributed by atoms with van der Waals surface area (Å²) in [6.07, 6.45) is 2.75. The number of hydrogen-bond donors (Lipinski definition) is 1. The lowest BCUT2D eigenvalue weighted by Gasteiger charge is -2.27. The van der Waals surface area contributed by atoms with Gasteiger partial charge in [-0.05, 0) is 19.4 Å². The second kappa shape index (κ2) is 8.22. The molecule has 0 fully saturated rings. The molecule has 1 aliphatic carbocycles. The Morgan fingerprint density at radius 1 is 1.13 bits per heavy atom. The van der Waals surface area contributed by atoms with Gasteiger partial charge in [-0.15, -0.1) is 11.6 Å². The maximum atomic E-state index is 12.5. The SMILES string of the molecule is COC(=O)CCCCCNC1C(=O)c2ccccc2C(=O)C1Cl. The number of nitrogens with one attached hydrogen (secondary N) is 1. The Balaban J connectivity index is 1.85. The van der Waals surface area contributed by atoms with Gasteiger partial charge in [-0.2, -0.15) is 0 Å². The fourth-order valence-corrected chi connectivity index (χ4v) is 2.96. The monoisotopic (exact) mass is 337 g/mol. The standard InChI is InChI=1S/C17H20ClNO4/c1-23-13(20)9-3-2-6-10-19-15-14(18)16(21)11-7-4-5-8-12(11)17(15)22/h4-5,7-8,14-15,19H,2-3,6,9-10H2,1H3. The Labute approximate surface area is 140 Å². The highest BCUT2D eigenvalue weighted by atomic mass is 35.5. The number of fused-ring (bicyclic) bond motifs is 1. The van der Waals surface area contributed by atoms with Gasteiger partial charge >= 0.3 is 5.97 Å². The van der Waals surface area contributed by atoms with E-state index < -0.39 is 11.4 Å². The zero-order valence-electron chi connectivity index (χ0n) is 13.0. The number of carbonyl (C=O) groups is 3. The molecule has 1 aromatic rings. The van der Waals surface area contributed by atoms with Gasteiger partial charge in [-0.25, -0.2) is 0 Å². The van der Waals surface area contributed by atoms with Gasteiger partial charge in [0.2, 0.25) is 0 Å². The summed E-state index contributed by atoms with van der Waals surface area (Å²) in [7, 11) is 1.37. The first-order chi connectivity index (χ1) is 11.1. The molecule has 0 amide bonds. The molecule has 5 nitrogen and oxygen atoms in total. The number of unbranched alkanes of at least 4 members (excludes halogenated alkanes) is 2. The molecule has 0 aromatic heterocycles. The summed E-state index contributed by atoms with van der Waals surface area (Å²) in [4.78, 5) is 35.7. The molecule has 1 aromatic carbocycles. The van der Waals surface area contributed by atoms with E-state index in [1.165, 1.54) is 7.11 Å². The highest BCUT2D eigenvalue weighted by Gasteiger charge is 2.39. The number of benzene rings is 1. The Kier molecular flexibility index (Phi) is 6.30. The third-order valence-electron chi connectivity index (χ3n) is 3.93. The fourth-order valence-electron chi connectivity index (χ4n) is 2.64. The number of ether oxygens (including phenoxy) is 1. The molecule has 23 heavy (non-hydrogen) atoms. The third-order valence-corrected chi connectivity index (χ3v) is 4.38. The number of methoxy groups -OCH3 is 1. The van der Waals surface area contributed by atoms with Crippen LogP contribution >= 0.6 is 11.6 Å². The zero-order valence-corrected chi connectivity index (χ0v) is 13.8. The molecular formula is C17H20ClNO4. The first kappa shape index (κ1) is 17.6. The molecule has 1 aliphatic rings. The third kappa shape index (κ3) is 4.18. The molecule has 0 heterocycles. The van der Waals surface area contributed by atoms with Crippen LogP contribution in [0.25, 0.3) is 0 Å². The van der Waals surface area contributed by atoms with E-state index >= 15 is 0 Å². The van der Waals surface area contributed by atoms with Crippen molar-refractivity contribution in [3.8, 4) is 0 Å². The van der Waals surface area contributed by atoms with Crippen molar-refractivity contribution in [3.63, 3.8) is 0 Å². The summed E-state index contributed by atoms with van der Waals surface area (Å²) in [5, 5.41) is 2.19. The van der Waals surface area contributed by atoms with Crippen LogP contribution in [-0.2, 0) is 9.53 Å². The van der Waals surface area contributed by atoms with Crippen molar-refractivity contribution in [2.24, 2.45) is 0 Å². The average Bonchev–Trinajstić information content (AvgIpc) is 2.58. The Hall–Kier alpha value is -1.72. The number of hydrogen-bond acceptors (Lipinski definition) is 5. The molecule has 0 bridgehead atoms. The minimum atomic E-state index is -0.882. The first-order valence-corrected chi connectivity index (χ1v) is 8.11. The minimum Gasteiger partial charge on any atom is -0.469 e. The summed E-state index contributed by atoms with van der Waals surface area (Å²) >= 11 is 6.16. The summed E-state index contributed by atoms with van der Waals surface area (Å²) in [6, 6.07) is 6.06. The van der Waals surface area contributed by atoms with Crippen LogP contribution in [0.15, 0.2) is 24.3 Å². The molecule has 2 rings (SSSR count). The number of alkyl halides is 1. The fraction of sp³-hybridized carbons (Fsp3) is 0.471. The Morgan fingerprint density at radius 3 is 2.43 bits per heavy atom. The molecule has 0 aliphatic heterocycles. The molecule has 1 N–H and O–H groups in total. The van der Waals surface area contributed by atoms with Crippen molar-refractivity contribution < 1.29 is 19.1 Å². The zero-order chi connectivity index (χ0) is 16.8. The normalized spacial score (nSPS) is 20.3. The van der Waals surface area contributed by atoms with E-state index in [4.69, 9.17) is 11.6 Å². The summed E-state index contributed by atoms with van der Waals surface area (Å²) in [5.41, 5.74) is 0.825. The van der Waals surface area contributed by atoms with Gasteiger partial charge < -0.3 is 10.1 Å². The number of ketones is 2. The van der Waals surface area contributed by atoms with E-state index in [0.29, 0.717) is 24.1 Å². The van der Waals surface area contributed by atoms with Crippen LogP contribution in [-0.4, -0.2) is 42.6 Å². The van der Waals surface area contributed by atoms with Gasteiger partial charge in [0.15, 0.2) is 11.6 Å². The lowest BCUT2D eigenvalue weighted by molar-refractivity contribution is -0.140. The maximum absolute atomic E-state index is 12.5. The minimum absolute atomic E-state index is 0.144. The molecule has 0 spiro atoms. The summed E-state index contributed by atoms with van der Waals surface area (Å²) in [5.74, 6) is -0.580. The predicted molar refractivity (Wildman–Crippen MR) is 87.0 cm³/mol.